The van der Waals surface area contributed by atoms with Gasteiger partial charge in [0, 0.05) is 27.4 Å². The summed E-state index contributed by atoms with van der Waals surface area (Å²) in [6.45, 7) is 6.34. The molecule has 6 nitrogen and oxygen atoms in total. The lowest BCUT2D eigenvalue weighted by Crippen LogP contribution is -2.14. The van der Waals surface area contributed by atoms with E-state index in [9.17, 15) is 4.79 Å². The SMILES string of the molecule is Cc1ccc(OCc2nc(CC(=O)Nc3ccc(Sc4nc(C)cc(C)n4)cc3)cs2)cc1. The second-order valence-electron chi connectivity index (χ2n) is 7.62. The van der Waals surface area contributed by atoms with Gasteiger partial charge in [0.25, 0.3) is 0 Å². The maximum absolute atomic E-state index is 12.5. The van der Waals surface area contributed by atoms with Gasteiger partial charge in [0.2, 0.25) is 5.91 Å². The summed E-state index contributed by atoms with van der Waals surface area (Å²) in [5, 5.41) is 6.38. The summed E-state index contributed by atoms with van der Waals surface area (Å²) in [6.07, 6.45) is 0.216. The van der Waals surface area contributed by atoms with Crippen LogP contribution in [-0.2, 0) is 17.8 Å². The van der Waals surface area contributed by atoms with Gasteiger partial charge in [-0.3, -0.25) is 4.79 Å². The molecule has 0 atom stereocenters. The van der Waals surface area contributed by atoms with Crippen molar-refractivity contribution in [3.63, 3.8) is 0 Å². The van der Waals surface area contributed by atoms with Crippen LogP contribution in [0.4, 0.5) is 5.69 Å². The van der Waals surface area contributed by atoms with Crippen LogP contribution in [0.25, 0.3) is 0 Å². The van der Waals surface area contributed by atoms with Gasteiger partial charge < -0.3 is 10.1 Å². The van der Waals surface area contributed by atoms with E-state index in [0.29, 0.717) is 6.61 Å². The third kappa shape index (κ3) is 6.87. The Morgan fingerprint density at radius 2 is 1.67 bits per heavy atom. The molecular weight excluding hydrogens is 452 g/mol. The molecule has 0 bridgehead atoms. The largest absolute Gasteiger partial charge is 0.486 e. The zero-order valence-corrected chi connectivity index (χ0v) is 20.3. The van der Waals surface area contributed by atoms with E-state index in [-0.39, 0.29) is 12.3 Å². The third-order valence-electron chi connectivity index (χ3n) is 4.63. The highest BCUT2D eigenvalue weighted by molar-refractivity contribution is 7.99. The van der Waals surface area contributed by atoms with Crippen molar-refractivity contribution in [1.82, 2.24) is 15.0 Å². The molecule has 0 fully saturated rings. The first-order chi connectivity index (χ1) is 15.9. The summed E-state index contributed by atoms with van der Waals surface area (Å²) in [7, 11) is 0. The summed E-state index contributed by atoms with van der Waals surface area (Å²) in [5.41, 5.74) is 4.55. The molecule has 0 aliphatic heterocycles. The van der Waals surface area contributed by atoms with Gasteiger partial charge in [-0.1, -0.05) is 17.7 Å². The van der Waals surface area contributed by atoms with E-state index in [1.807, 2.05) is 80.7 Å². The first kappa shape index (κ1) is 22.9. The maximum atomic E-state index is 12.5. The van der Waals surface area contributed by atoms with E-state index in [2.05, 4.69) is 20.3 Å². The molecule has 0 unspecified atom stereocenters. The van der Waals surface area contributed by atoms with Crippen LogP contribution >= 0.6 is 23.1 Å². The van der Waals surface area contributed by atoms with Crippen LogP contribution < -0.4 is 10.1 Å². The number of amides is 1. The summed E-state index contributed by atoms with van der Waals surface area (Å²) in [5.74, 6) is 0.699. The molecule has 168 valence electrons. The van der Waals surface area contributed by atoms with Crippen molar-refractivity contribution in [3.8, 4) is 5.75 Å². The number of hydrogen-bond donors (Lipinski definition) is 1. The highest BCUT2D eigenvalue weighted by atomic mass is 32.2. The Kier molecular flexibility index (Phi) is 7.36. The fourth-order valence-electron chi connectivity index (χ4n) is 3.10. The molecule has 4 aromatic rings. The molecular formula is C25H24N4O2S2. The van der Waals surface area contributed by atoms with Crippen molar-refractivity contribution in [1.29, 1.82) is 0 Å². The standard InChI is InChI=1S/C25H24N4O2S2/c1-16-4-8-21(9-5-16)31-14-24-29-20(15-32-24)13-23(30)28-19-6-10-22(11-7-19)33-25-26-17(2)12-18(3)27-25/h4-12,15H,13-14H2,1-3H3,(H,28,30). The number of anilines is 1. The molecule has 4 rings (SSSR count). The number of rotatable bonds is 8. The lowest BCUT2D eigenvalue weighted by atomic mass is 10.2. The maximum Gasteiger partial charge on any atom is 0.230 e. The number of thiazole rings is 1. The summed E-state index contributed by atoms with van der Waals surface area (Å²) in [6, 6.07) is 17.5. The zero-order chi connectivity index (χ0) is 23.2. The second kappa shape index (κ2) is 10.6. The number of hydrogen-bond acceptors (Lipinski definition) is 7. The van der Waals surface area contributed by atoms with Crippen molar-refractivity contribution in [2.45, 2.75) is 43.9 Å². The topological polar surface area (TPSA) is 77.0 Å². The third-order valence-corrected chi connectivity index (χ3v) is 6.38. The molecule has 2 aromatic carbocycles. The molecule has 0 aliphatic carbocycles. The van der Waals surface area contributed by atoms with Crippen LogP contribution in [-0.4, -0.2) is 20.9 Å². The summed E-state index contributed by atoms with van der Waals surface area (Å²) >= 11 is 2.99. The highest BCUT2D eigenvalue weighted by Crippen LogP contribution is 2.26. The fraction of sp³-hybridized carbons (Fsp3) is 0.200. The van der Waals surface area contributed by atoms with Crippen LogP contribution in [0.2, 0.25) is 0 Å². The highest BCUT2D eigenvalue weighted by Gasteiger charge is 2.10. The lowest BCUT2D eigenvalue weighted by Gasteiger charge is -2.06. The summed E-state index contributed by atoms with van der Waals surface area (Å²) in [4.78, 5) is 26.9. The number of aryl methyl sites for hydroxylation is 3. The number of ether oxygens (including phenoxy) is 1. The van der Waals surface area contributed by atoms with Gasteiger partial charge in [-0.25, -0.2) is 15.0 Å². The van der Waals surface area contributed by atoms with Crippen LogP contribution in [0.5, 0.6) is 5.75 Å². The first-order valence-electron chi connectivity index (χ1n) is 10.5. The Bertz CT molecular complexity index is 1220. The monoisotopic (exact) mass is 476 g/mol. The van der Waals surface area contributed by atoms with Crippen LogP contribution in [0.15, 0.2) is 70.0 Å². The molecule has 0 saturated heterocycles. The molecule has 2 aromatic heterocycles. The van der Waals surface area contributed by atoms with Crippen LogP contribution in [0.3, 0.4) is 0 Å². The number of carbonyl (C=O) groups is 1. The van der Waals surface area contributed by atoms with Crippen molar-refractivity contribution in [3.05, 3.63) is 87.6 Å². The Morgan fingerprint density at radius 1 is 0.970 bits per heavy atom. The smallest absolute Gasteiger partial charge is 0.230 e. The molecule has 0 aliphatic rings. The van der Waals surface area contributed by atoms with Gasteiger partial charge in [-0.05, 0) is 75.0 Å². The number of benzene rings is 2. The van der Waals surface area contributed by atoms with Crippen molar-refractivity contribution < 1.29 is 9.53 Å². The molecule has 0 saturated carbocycles. The van der Waals surface area contributed by atoms with E-state index >= 15 is 0 Å². The van der Waals surface area contributed by atoms with Gasteiger partial charge in [0.15, 0.2) is 5.16 Å². The zero-order valence-electron chi connectivity index (χ0n) is 18.7. The minimum atomic E-state index is -0.107. The van der Waals surface area contributed by atoms with E-state index in [1.54, 1.807) is 0 Å². The Morgan fingerprint density at radius 3 is 2.36 bits per heavy atom. The molecule has 1 N–H and O–H groups in total. The van der Waals surface area contributed by atoms with Crippen molar-refractivity contribution in [2.75, 3.05) is 5.32 Å². The quantitative estimate of drug-likeness (QED) is 0.325. The minimum Gasteiger partial charge on any atom is -0.486 e. The normalized spacial score (nSPS) is 10.8. The average molecular weight is 477 g/mol. The fourth-order valence-corrected chi connectivity index (χ4v) is 4.66. The Balaban J connectivity index is 1.27. The van der Waals surface area contributed by atoms with Crippen molar-refractivity contribution in [2.24, 2.45) is 0 Å². The van der Waals surface area contributed by atoms with E-state index in [4.69, 9.17) is 4.74 Å². The number of carbonyl (C=O) groups excluding carboxylic acids is 1. The van der Waals surface area contributed by atoms with Crippen molar-refractivity contribution >= 4 is 34.7 Å². The van der Waals surface area contributed by atoms with Crippen LogP contribution in [0, 0.1) is 20.8 Å². The molecule has 0 spiro atoms. The molecule has 8 heteroatoms. The van der Waals surface area contributed by atoms with Gasteiger partial charge in [0.05, 0.1) is 12.1 Å². The predicted octanol–water partition coefficient (Wildman–Crippen LogP) is 5.77. The second-order valence-corrected chi connectivity index (χ2v) is 9.60. The molecule has 2 heterocycles. The van der Waals surface area contributed by atoms with E-state index < -0.39 is 0 Å². The Labute approximate surface area is 201 Å². The van der Waals surface area contributed by atoms with Gasteiger partial charge in [0.1, 0.15) is 17.4 Å². The summed E-state index contributed by atoms with van der Waals surface area (Å²) < 4.78 is 5.76. The van der Waals surface area contributed by atoms with Crippen LogP contribution in [0.1, 0.15) is 27.7 Å². The molecule has 0 radical (unpaired) electrons. The predicted molar refractivity (Wildman–Crippen MR) is 132 cm³/mol. The van der Waals surface area contributed by atoms with E-state index in [0.717, 1.165) is 43.6 Å². The number of aromatic nitrogens is 3. The molecule has 33 heavy (non-hydrogen) atoms. The molecule has 1 amide bonds. The minimum absolute atomic E-state index is 0.107. The van der Waals surface area contributed by atoms with Gasteiger partial charge in [-0.15, -0.1) is 11.3 Å². The van der Waals surface area contributed by atoms with E-state index in [1.165, 1.54) is 28.7 Å². The number of nitrogens with zero attached hydrogens (tertiary/aromatic N) is 3. The lowest BCUT2D eigenvalue weighted by molar-refractivity contribution is -0.115. The van der Waals surface area contributed by atoms with Gasteiger partial charge >= 0.3 is 0 Å². The average Bonchev–Trinajstić information content (AvgIpc) is 3.21. The van der Waals surface area contributed by atoms with Gasteiger partial charge in [-0.2, -0.15) is 0 Å². The Hall–Kier alpha value is -3.23. The number of nitrogens with one attached hydrogen (secondary N) is 1. The first-order valence-corrected chi connectivity index (χ1v) is 12.2.